The molecule has 0 aliphatic heterocycles. The molecular weight excluding hydrogens is 464 g/mol. The topological polar surface area (TPSA) is 72.3 Å². The van der Waals surface area contributed by atoms with Gasteiger partial charge in [-0.25, -0.2) is 0 Å². The lowest BCUT2D eigenvalue weighted by atomic mass is 9.54. The maximum atomic E-state index is 11.8. The highest BCUT2D eigenvalue weighted by Crippen LogP contribution is 2.52. The maximum absolute atomic E-state index is 11.8. The molecular formula is C35H54N2O. The largest absolute Gasteiger partial charge is 0.393 e. The number of aliphatic hydroxyl groups is 1. The van der Waals surface area contributed by atoms with Crippen molar-refractivity contribution in [2.75, 3.05) is 0 Å². The van der Waals surface area contributed by atoms with Crippen molar-refractivity contribution in [1.82, 2.24) is 0 Å². The summed E-state index contributed by atoms with van der Waals surface area (Å²) in [6.45, 7) is 2.28. The summed E-state index contributed by atoms with van der Waals surface area (Å²) in [5.74, 6) is 1.16. The Morgan fingerprint density at radius 1 is 0.711 bits per heavy atom. The first kappa shape index (κ1) is 29.3. The van der Waals surface area contributed by atoms with E-state index < -0.39 is 11.8 Å². The van der Waals surface area contributed by atoms with Crippen LogP contribution in [0.3, 0.4) is 0 Å². The van der Waals surface area contributed by atoms with Crippen LogP contribution in [0.25, 0.3) is 0 Å². The van der Waals surface area contributed by atoms with E-state index in [1.807, 2.05) is 0 Å². The summed E-state index contributed by atoms with van der Waals surface area (Å²) in [5, 5.41) is 11.8. The Bertz CT molecular complexity index is 913. The molecule has 2 fully saturated rings. The van der Waals surface area contributed by atoms with Gasteiger partial charge in [0.1, 0.15) is 0 Å². The van der Waals surface area contributed by atoms with Gasteiger partial charge >= 0.3 is 0 Å². The van der Waals surface area contributed by atoms with Crippen LogP contribution >= 0.6 is 0 Å². The fourth-order valence-electron chi connectivity index (χ4n) is 8.09. The van der Waals surface area contributed by atoms with Crippen LogP contribution in [0.5, 0.6) is 0 Å². The van der Waals surface area contributed by atoms with Gasteiger partial charge in [-0.3, -0.25) is 0 Å². The second kappa shape index (κ2) is 14.1. The highest BCUT2D eigenvalue weighted by molar-refractivity contribution is 5.21. The molecule has 2 aromatic rings. The summed E-state index contributed by atoms with van der Waals surface area (Å²) in [5.41, 5.74) is 16.6. The van der Waals surface area contributed by atoms with E-state index in [4.69, 9.17) is 11.5 Å². The number of rotatable bonds is 11. The zero-order chi connectivity index (χ0) is 26.8. The van der Waals surface area contributed by atoms with E-state index in [1.54, 1.807) is 0 Å². The van der Waals surface area contributed by atoms with E-state index in [0.717, 1.165) is 32.1 Å². The molecule has 0 aromatic heterocycles. The average Bonchev–Trinajstić information content (AvgIpc) is 3.36. The lowest BCUT2D eigenvalue weighted by Gasteiger charge is -2.56. The predicted molar refractivity (Wildman–Crippen MR) is 161 cm³/mol. The molecule has 3 unspecified atom stereocenters. The fourth-order valence-corrected chi connectivity index (χ4v) is 8.09. The highest BCUT2D eigenvalue weighted by atomic mass is 16.3. The minimum absolute atomic E-state index is 0.311. The van der Waals surface area contributed by atoms with Crippen molar-refractivity contribution in [1.29, 1.82) is 0 Å². The van der Waals surface area contributed by atoms with E-state index in [-0.39, 0.29) is 5.41 Å². The van der Waals surface area contributed by atoms with Crippen LogP contribution in [-0.2, 0) is 12.8 Å². The smallest absolute Gasteiger partial charge is 0.0730 e. The van der Waals surface area contributed by atoms with Crippen molar-refractivity contribution in [3.8, 4) is 0 Å². The number of hydrogen-bond donors (Lipinski definition) is 3. The number of hydrogen-bond acceptors (Lipinski definition) is 3. The first-order valence-electron chi connectivity index (χ1n) is 15.7. The summed E-state index contributed by atoms with van der Waals surface area (Å²) in [4.78, 5) is 0. The Morgan fingerprint density at radius 2 is 1.18 bits per heavy atom. The van der Waals surface area contributed by atoms with Gasteiger partial charge in [0, 0.05) is 5.41 Å². The van der Waals surface area contributed by atoms with Crippen LogP contribution in [0.1, 0.15) is 108 Å². The van der Waals surface area contributed by atoms with E-state index in [0.29, 0.717) is 24.2 Å². The lowest BCUT2D eigenvalue weighted by Crippen LogP contribution is -2.70. The Hall–Kier alpha value is -1.68. The molecule has 2 aliphatic rings. The molecule has 38 heavy (non-hydrogen) atoms. The Labute approximate surface area is 232 Å². The summed E-state index contributed by atoms with van der Waals surface area (Å²) in [7, 11) is 0. The van der Waals surface area contributed by atoms with Gasteiger partial charge < -0.3 is 16.6 Å². The van der Waals surface area contributed by atoms with Gasteiger partial charge in [-0.05, 0) is 80.2 Å². The number of nitrogens with two attached hydrogens (primary N) is 2. The number of aliphatic hydroxyl groups excluding tert-OH is 1. The maximum Gasteiger partial charge on any atom is 0.0730 e. The van der Waals surface area contributed by atoms with E-state index >= 15 is 0 Å². The van der Waals surface area contributed by atoms with E-state index in [1.165, 1.54) is 75.3 Å². The van der Waals surface area contributed by atoms with Gasteiger partial charge in [0.05, 0.1) is 11.8 Å². The minimum Gasteiger partial charge on any atom is -0.393 e. The molecule has 0 heterocycles. The first-order valence-corrected chi connectivity index (χ1v) is 15.7. The van der Waals surface area contributed by atoms with Gasteiger partial charge in [0.25, 0.3) is 0 Å². The molecule has 3 heteroatoms. The molecule has 4 rings (SSSR count). The molecule has 210 valence electrons. The fraction of sp³-hybridized carbons (Fsp3) is 0.657. The molecule has 2 aromatic carbocycles. The molecule has 0 spiro atoms. The standard InChI is InChI=1S/C35H54N2O/c1-28(24-29-16-8-6-9-17-29)25-33(38)27-34(26-30-18-10-7-11-19-30,31-20-12-2-3-13-21-31)35(36,37)32-22-14-4-5-15-23-32/h6-11,16-19,28,31-33,38H,2-5,12-15,20-27,36-37H2,1H3. The number of benzene rings is 2. The summed E-state index contributed by atoms with van der Waals surface area (Å²) in [6.07, 6.45) is 17.7. The molecule has 2 aliphatic carbocycles. The monoisotopic (exact) mass is 518 g/mol. The minimum atomic E-state index is -0.800. The molecule has 5 N–H and O–H groups in total. The average molecular weight is 519 g/mol. The Kier molecular flexibility index (Phi) is 10.9. The molecule has 3 atom stereocenters. The quantitative estimate of drug-likeness (QED) is 0.210. The molecule has 0 amide bonds. The Balaban J connectivity index is 1.67. The molecule has 2 saturated carbocycles. The van der Waals surface area contributed by atoms with Crippen LogP contribution in [0.2, 0.25) is 0 Å². The molecule has 0 bridgehead atoms. The van der Waals surface area contributed by atoms with Gasteiger partial charge in [0.15, 0.2) is 0 Å². The van der Waals surface area contributed by atoms with Crippen LogP contribution in [0, 0.1) is 23.2 Å². The predicted octanol–water partition coefficient (Wildman–Crippen LogP) is 7.79. The third-order valence-electron chi connectivity index (χ3n) is 10.1. The zero-order valence-corrected chi connectivity index (χ0v) is 24.0. The van der Waals surface area contributed by atoms with Crippen molar-refractivity contribution in [3.63, 3.8) is 0 Å². The van der Waals surface area contributed by atoms with Crippen molar-refractivity contribution in [3.05, 3.63) is 71.8 Å². The van der Waals surface area contributed by atoms with Gasteiger partial charge in [-0.2, -0.15) is 0 Å². The van der Waals surface area contributed by atoms with Gasteiger partial charge in [-0.15, -0.1) is 0 Å². The van der Waals surface area contributed by atoms with Crippen molar-refractivity contribution < 1.29 is 5.11 Å². The van der Waals surface area contributed by atoms with Crippen LogP contribution < -0.4 is 11.5 Å². The van der Waals surface area contributed by atoms with Gasteiger partial charge in [-0.1, -0.05) is 119 Å². The Morgan fingerprint density at radius 3 is 1.71 bits per heavy atom. The third-order valence-corrected chi connectivity index (χ3v) is 10.1. The van der Waals surface area contributed by atoms with E-state index in [9.17, 15) is 5.11 Å². The van der Waals surface area contributed by atoms with Crippen molar-refractivity contribution in [2.45, 2.75) is 121 Å². The molecule has 0 radical (unpaired) electrons. The second-order valence-corrected chi connectivity index (χ2v) is 13.0. The molecule has 3 nitrogen and oxygen atoms in total. The van der Waals surface area contributed by atoms with Crippen molar-refractivity contribution >= 4 is 0 Å². The molecule has 0 saturated heterocycles. The normalized spacial score (nSPS) is 21.7. The van der Waals surface area contributed by atoms with Crippen molar-refractivity contribution in [2.24, 2.45) is 34.6 Å². The summed E-state index contributed by atoms with van der Waals surface area (Å²) in [6, 6.07) is 21.6. The third kappa shape index (κ3) is 7.49. The van der Waals surface area contributed by atoms with E-state index in [2.05, 4.69) is 67.6 Å². The summed E-state index contributed by atoms with van der Waals surface area (Å²) >= 11 is 0. The zero-order valence-electron chi connectivity index (χ0n) is 24.0. The van der Waals surface area contributed by atoms with Gasteiger partial charge in [0.2, 0.25) is 0 Å². The SMILES string of the molecule is CC(Cc1ccccc1)CC(O)CC(Cc1ccccc1)(C1CCCCCC1)C(N)(N)C1CCCCCC1. The van der Waals surface area contributed by atoms with Crippen LogP contribution in [-0.4, -0.2) is 16.9 Å². The summed E-state index contributed by atoms with van der Waals surface area (Å²) < 4.78 is 0. The van der Waals surface area contributed by atoms with Crippen LogP contribution in [0.15, 0.2) is 60.7 Å². The van der Waals surface area contributed by atoms with Crippen LogP contribution in [0.4, 0.5) is 0 Å². The lowest BCUT2D eigenvalue weighted by molar-refractivity contribution is -0.0510. The second-order valence-electron chi connectivity index (χ2n) is 13.0. The highest BCUT2D eigenvalue weighted by Gasteiger charge is 2.55. The first-order chi connectivity index (χ1) is 18.4.